The maximum atomic E-state index is 14.3. The van der Waals surface area contributed by atoms with Crippen LogP contribution in [0.3, 0.4) is 0 Å². The van der Waals surface area contributed by atoms with E-state index >= 15 is 0 Å². The second-order valence-electron chi connectivity index (χ2n) is 7.70. The Morgan fingerprint density at radius 3 is 2.63 bits per heavy atom. The fourth-order valence-electron chi connectivity index (χ4n) is 2.27. The number of thiazole rings is 1. The summed E-state index contributed by atoms with van der Waals surface area (Å²) >= 11 is 1.16. The highest BCUT2D eigenvalue weighted by Crippen LogP contribution is 2.17. The van der Waals surface area contributed by atoms with Gasteiger partial charge in [0.15, 0.2) is 11.5 Å². The predicted octanol–water partition coefficient (Wildman–Crippen LogP) is 2.65. The number of hydrogen-bond acceptors (Lipinski definition) is 6. The molecule has 2 rings (SSSR count). The highest BCUT2D eigenvalue weighted by molar-refractivity contribution is 7.07. The second-order valence-corrected chi connectivity index (χ2v) is 8.57. The van der Waals surface area contributed by atoms with Gasteiger partial charge in [0, 0.05) is 23.6 Å². The Balaban J connectivity index is 2.14. The van der Waals surface area contributed by atoms with Gasteiger partial charge in [0.1, 0.15) is 11.4 Å². The van der Waals surface area contributed by atoms with Gasteiger partial charge < -0.3 is 15.8 Å². The Morgan fingerprint density at radius 1 is 1.33 bits per heavy atom. The third kappa shape index (κ3) is 6.60. The van der Waals surface area contributed by atoms with Gasteiger partial charge in [-0.25, -0.2) is 4.39 Å². The molecule has 30 heavy (non-hydrogen) atoms. The summed E-state index contributed by atoms with van der Waals surface area (Å²) in [7, 11) is 0. The minimum absolute atomic E-state index is 0.000278. The van der Waals surface area contributed by atoms with Crippen molar-refractivity contribution in [2.24, 2.45) is 16.6 Å². The van der Waals surface area contributed by atoms with Crippen molar-refractivity contribution in [2.75, 3.05) is 5.32 Å². The van der Waals surface area contributed by atoms with Crippen LogP contribution in [0.5, 0.6) is 0 Å². The van der Waals surface area contributed by atoms with Crippen LogP contribution >= 0.6 is 11.3 Å². The van der Waals surface area contributed by atoms with Crippen molar-refractivity contribution in [1.82, 2.24) is 4.57 Å². The van der Waals surface area contributed by atoms with E-state index in [4.69, 9.17) is 10.5 Å². The molecule has 0 saturated heterocycles. The van der Waals surface area contributed by atoms with Crippen LogP contribution in [0.15, 0.2) is 34.8 Å². The molecular formula is C20H25FN4O4S. The first-order valence-corrected chi connectivity index (χ1v) is 10.1. The van der Waals surface area contributed by atoms with Gasteiger partial charge in [-0.15, -0.1) is 11.3 Å². The van der Waals surface area contributed by atoms with E-state index in [2.05, 4.69) is 10.3 Å². The molecule has 0 aliphatic rings. The number of hydrogen-bond donors (Lipinski definition) is 2. The van der Waals surface area contributed by atoms with Gasteiger partial charge in [0.2, 0.25) is 5.91 Å². The van der Waals surface area contributed by atoms with Gasteiger partial charge >= 0.3 is 5.97 Å². The highest BCUT2D eigenvalue weighted by Gasteiger charge is 2.23. The molecular weight excluding hydrogens is 411 g/mol. The fraction of sp³-hybridized carbons (Fsp3) is 0.400. The summed E-state index contributed by atoms with van der Waals surface area (Å²) in [6.45, 7) is 6.64. The topological polar surface area (TPSA) is 116 Å². The van der Waals surface area contributed by atoms with E-state index in [-0.39, 0.29) is 41.0 Å². The molecule has 162 valence electrons. The van der Waals surface area contributed by atoms with Crippen molar-refractivity contribution >= 4 is 34.8 Å². The van der Waals surface area contributed by atoms with Crippen LogP contribution in [-0.2, 0) is 21.1 Å². The molecule has 0 saturated carbocycles. The average Bonchev–Trinajstić information content (AvgIpc) is 3.06. The Bertz CT molecular complexity index is 1000. The van der Waals surface area contributed by atoms with Crippen molar-refractivity contribution in [3.05, 3.63) is 46.0 Å². The maximum Gasteiger partial charge on any atom is 0.327 e. The van der Waals surface area contributed by atoms with Crippen LogP contribution < -0.4 is 15.9 Å². The standard InChI is InChI=1S/C20H25FN4O4S/c1-12(2)9-16(26)23-15-6-5-13(10-14(15)21)17(27)24-19-25(7-8-30-19)11-29-18(28)20(3,4)22/h5-8,10,12H,9,11,22H2,1-4H3,(H,23,26). The zero-order valence-corrected chi connectivity index (χ0v) is 18.1. The van der Waals surface area contributed by atoms with E-state index < -0.39 is 23.2 Å². The SMILES string of the molecule is CC(C)CC(=O)Nc1ccc(C(=O)N=c2sccn2COC(=O)C(C)(C)N)cc1F. The van der Waals surface area contributed by atoms with E-state index in [9.17, 15) is 18.8 Å². The zero-order valence-electron chi connectivity index (χ0n) is 17.3. The van der Waals surface area contributed by atoms with Crippen LogP contribution in [-0.4, -0.2) is 27.9 Å². The van der Waals surface area contributed by atoms with Crippen molar-refractivity contribution in [1.29, 1.82) is 0 Å². The Morgan fingerprint density at radius 2 is 2.03 bits per heavy atom. The Labute approximate surface area is 177 Å². The van der Waals surface area contributed by atoms with E-state index in [0.717, 1.165) is 17.4 Å². The van der Waals surface area contributed by atoms with Crippen molar-refractivity contribution in [3.63, 3.8) is 0 Å². The maximum absolute atomic E-state index is 14.3. The first-order chi connectivity index (χ1) is 14.0. The first kappa shape index (κ1) is 23.4. The van der Waals surface area contributed by atoms with Gasteiger partial charge in [-0.05, 0) is 38.0 Å². The van der Waals surface area contributed by atoms with Crippen LogP contribution in [0.2, 0.25) is 0 Å². The molecule has 0 unspecified atom stereocenters. The molecule has 8 nitrogen and oxygen atoms in total. The molecule has 2 amide bonds. The molecule has 1 aromatic heterocycles. The minimum Gasteiger partial charge on any atom is -0.442 e. The molecule has 0 aliphatic carbocycles. The number of nitrogens with two attached hydrogens (primary N) is 1. The van der Waals surface area contributed by atoms with E-state index in [1.165, 1.54) is 30.5 Å². The normalized spacial score (nSPS) is 12.2. The number of nitrogens with one attached hydrogen (secondary N) is 1. The summed E-state index contributed by atoms with van der Waals surface area (Å²) in [5, 5.41) is 4.15. The van der Waals surface area contributed by atoms with Crippen molar-refractivity contribution < 1.29 is 23.5 Å². The van der Waals surface area contributed by atoms with E-state index in [1.54, 1.807) is 11.6 Å². The monoisotopic (exact) mass is 436 g/mol. The zero-order chi connectivity index (χ0) is 22.5. The lowest BCUT2D eigenvalue weighted by Crippen LogP contribution is -2.43. The summed E-state index contributed by atoms with van der Waals surface area (Å²) in [4.78, 5) is 40.3. The summed E-state index contributed by atoms with van der Waals surface area (Å²) in [5.41, 5.74) is 4.55. The molecule has 0 radical (unpaired) electrons. The molecule has 0 bridgehead atoms. The number of anilines is 1. The third-order valence-corrected chi connectivity index (χ3v) is 4.60. The molecule has 1 heterocycles. The molecule has 0 atom stereocenters. The number of halogens is 1. The average molecular weight is 437 g/mol. The molecule has 3 N–H and O–H groups in total. The van der Waals surface area contributed by atoms with Crippen molar-refractivity contribution in [3.8, 4) is 0 Å². The quantitative estimate of drug-likeness (QED) is 0.648. The molecule has 2 aromatic rings. The third-order valence-electron chi connectivity index (χ3n) is 3.80. The van der Waals surface area contributed by atoms with E-state index in [1.807, 2.05) is 13.8 Å². The van der Waals surface area contributed by atoms with Crippen LogP contribution in [0.1, 0.15) is 44.5 Å². The summed E-state index contributed by atoms with van der Waals surface area (Å²) in [5.74, 6) is -2.17. The number of aromatic nitrogens is 1. The Kier molecular flexibility index (Phi) is 7.63. The van der Waals surface area contributed by atoms with Gasteiger partial charge in [0.05, 0.1) is 5.69 Å². The van der Waals surface area contributed by atoms with Gasteiger partial charge in [-0.1, -0.05) is 13.8 Å². The number of carbonyl (C=O) groups excluding carboxylic acids is 3. The number of ether oxygens (including phenoxy) is 1. The number of amides is 2. The fourth-order valence-corrected chi connectivity index (χ4v) is 2.99. The second kappa shape index (κ2) is 9.77. The lowest BCUT2D eigenvalue weighted by atomic mass is 10.1. The summed E-state index contributed by atoms with van der Waals surface area (Å²) in [6.07, 6.45) is 1.86. The number of rotatable bonds is 7. The largest absolute Gasteiger partial charge is 0.442 e. The van der Waals surface area contributed by atoms with Gasteiger partial charge in [-0.2, -0.15) is 4.99 Å². The molecule has 1 aromatic carbocycles. The first-order valence-electron chi connectivity index (χ1n) is 9.26. The van der Waals surface area contributed by atoms with Gasteiger partial charge in [0.25, 0.3) is 5.91 Å². The van der Waals surface area contributed by atoms with Gasteiger partial charge in [-0.3, -0.25) is 19.0 Å². The number of carbonyl (C=O) groups is 3. The predicted molar refractivity (Wildman–Crippen MR) is 111 cm³/mol. The smallest absolute Gasteiger partial charge is 0.327 e. The minimum atomic E-state index is -1.15. The summed E-state index contributed by atoms with van der Waals surface area (Å²) < 4.78 is 20.9. The van der Waals surface area contributed by atoms with Crippen molar-refractivity contribution in [2.45, 2.75) is 46.4 Å². The summed E-state index contributed by atoms with van der Waals surface area (Å²) in [6, 6.07) is 3.73. The number of benzene rings is 1. The van der Waals surface area contributed by atoms with Crippen LogP contribution in [0.4, 0.5) is 10.1 Å². The van der Waals surface area contributed by atoms with Crippen LogP contribution in [0, 0.1) is 11.7 Å². The molecule has 0 fully saturated rings. The number of esters is 1. The molecule has 0 aliphatic heterocycles. The number of nitrogens with zero attached hydrogens (tertiary/aromatic N) is 2. The van der Waals surface area contributed by atoms with E-state index in [0.29, 0.717) is 0 Å². The lowest BCUT2D eigenvalue weighted by Gasteiger charge is -2.16. The Hall–Kier alpha value is -2.85. The lowest BCUT2D eigenvalue weighted by molar-refractivity contribution is -0.152. The molecule has 0 spiro atoms. The van der Waals surface area contributed by atoms with Crippen LogP contribution in [0.25, 0.3) is 0 Å². The molecule has 10 heteroatoms. The highest BCUT2D eigenvalue weighted by atomic mass is 32.1.